The van der Waals surface area contributed by atoms with Gasteiger partial charge in [-0.15, -0.1) is 0 Å². The van der Waals surface area contributed by atoms with Crippen LogP contribution in [0.4, 0.5) is 4.39 Å². The molecule has 2 rings (SSSR count). The van der Waals surface area contributed by atoms with Gasteiger partial charge in [0.1, 0.15) is 5.82 Å². The monoisotopic (exact) mass is 273 g/mol. The van der Waals surface area contributed by atoms with Crippen LogP contribution in [0.25, 0.3) is 0 Å². The zero-order chi connectivity index (χ0) is 14.5. The van der Waals surface area contributed by atoms with Gasteiger partial charge in [-0.3, -0.25) is 4.79 Å². The second-order valence-corrected chi connectivity index (χ2v) is 4.17. The molecular weight excluding hydrogens is 261 g/mol. The molecule has 0 saturated carbocycles. The summed E-state index contributed by atoms with van der Waals surface area (Å²) in [7, 11) is 0. The molecule has 0 aromatic heterocycles. The normalized spacial score (nSPS) is 11.7. The summed E-state index contributed by atoms with van der Waals surface area (Å²) < 4.78 is 13.1. The highest BCUT2D eigenvalue weighted by molar-refractivity contribution is 5.96. The summed E-state index contributed by atoms with van der Waals surface area (Å²) in [5.41, 5.74) is 0.525. The first-order chi connectivity index (χ1) is 9.58. The quantitative estimate of drug-likeness (QED) is 0.898. The van der Waals surface area contributed by atoms with Crippen molar-refractivity contribution in [2.45, 2.75) is 6.04 Å². The largest absolute Gasteiger partial charge is 0.479 e. The maximum absolute atomic E-state index is 13.1. The zero-order valence-electron chi connectivity index (χ0n) is 10.4. The number of hydrogen-bond acceptors (Lipinski definition) is 2. The number of carboxylic acids is 1. The first-order valence-electron chi connectivity index (χ1n) is 5.92. The van der Waals surface area contributed by atoms with E-state index in [0.29, 0.717) is 5.56 Å². The molecule has 0 fully saturated rings. The molecule has 20 heavy (non-hydrogen) atoms. The minimum Gasteiger partial charge on any atom is -0.479 e. The lowest BCUT2D eigenvalue weighted by Gasteiger charge is -2.14. The van der Waals surface area contributed by atoms with E-state index in [0.717, 1.165) is 6.07 Å². The van der Waals surface area contributed by atoms with Crippen LogP contribution in [-0.2, 0) is 4.79 Å². The Kier molecular flexibility index (Phi) is 4.10. The molecule has 102 valence electrons. The Morgan fingerprint density at radius 2 is 1.75 bits per heavy atom. The van der Waals surface area contributed by atoms with E-state index in [-0.39, 0.29) is 5.56 Å². The lowest BCUT2D eigenvalue weighted by atomic mass is 10.1. The minimum absolute atomic E-state index is 0.0761. The van der Waals surface area contributed by atoms with Crippen LogP contribution in [0.2, 0.25) is 0 Å². The number of benzene rings is 2. The first kappa shape index (κ1) is 13.7. The number of halogens is 1. The number of nitrogens with one attached hydrogen (secondary N) is 1. The summed E-state index contributed by atoms with van der Waals surface area (Å²) in [6.45, 7) is 0. The fourth-order valence-electron chi connectivity index (χ4n) is 1.78. The maximum Gasteiger partial charge on any atom is 0.330 e. The first-order valence-corrected chi connectivity index (χ1v) is 5.92. The van der Waals surface area contributed by atoms with E-state index in [2.05, 4.69) is 5.32 Å². The molecule has 0 aliphatic carbocycles. The summed E-state index contributed by atoms with van der Waals surface area (Å²) in [4.78, 5) is 23.2. The molecule has 0 spiro atoms. The van der Waals surface area contributed by atoms with Gasteiger partial charge in [0.25, 0.3) is 5.91 Å². The zero-order valence-corrected chi connectivity index (χ0v) is 10.4. The lowest BCUT2D eigenvalue weighted by molar-refractivity contribution is -0.139. The number of aliphatic carboxylic acids is 1. The average molecular weight is 273 g/mol. The average Bonchev–Trinajstić information content (AvgIpc) is 2.45. The standard InChI is InChI=1S/C15H12FNO3/c16-12-8-4-7-11(9-12)14(18)17-13(15(19)20)10-5-2-1-3-6-10/h1-9,13H,(H,17,18)(H,19,20). The molecule has 0 radical (unpaired) electrons. The Morgan fingerprint density at radius 1 is 1.05 bits per heavy atom. The van der Waals surface area contributed by atoms with Crippen molar-refractivity contribution in [1.29, 1.82) is 0 Å². The van der Waals surface area contributed by atoms with E-state index in [4.69, 9.17) is 0 Å². The fourth-order valence-corrected chi connectivity index (χ4v) is 1.78. The highest BCUT2D eigenvalue weighted by Gasteiger charge is 2.22. The van der Waals surface area contributed by atoms with E-state index in [1.165, 1.54) is 18.2 Å². The van der Waals surface area contributed by atoms with E-state index in [9.17, 15) is 19.1 Å². The van der Waals surface area contributed by atoms with Gasteiger partial charge in [-0.25, -0.2) is 9.18 Å². The van der Waals surface area contributed by atoms with Crippen LogP contribution >= 0.6 is 0 Å². The van der Waals surface area contributed by atoms with Crippen LogP contribution < -0.4 is 5.32 Å². The Balaban J connectivity index is 2.21. The molecule has 1 atom stereocenters. The van der Waals surface area contributed by atoms with E-state index in [1.807, 2.05) is 0 Å². The van der Waals surface area contributed by atoms with Gasteiger partial charge >= 0.3 is 5.97 Å². The third-order valence-corrected chi connectivity index (χ3v) is 2.74. The molecule has 1 amide bonds. The van der Waals surface area contributed by atoms with Crippen LogP contribution in [0.5, 0.6) is 0 Å². The summed E-state index contributed by atoms with van der Waals surface area (Å²) in [5, 5.41) is 11.6. The Hall–Kier alpha value is -2.69. The smallest absolute Gasteiger partial charge is 0.330 e. The SMILES string of the molecule is O=C(NC(C(=O)O)c1ccccc1)c1cccc(F)c1. The molecule has 0 aliphatic rings. The van der Waals surface area contributed by atoms with Crippen LogP contribution in [0.3, 0.4) is 0 Å². The molecule has 2 aromatic rings. The molecular formula is C15H12FNO3. The molecule has 0 heterocycles. The van der Waals surface area contributed by atoms with Crippen molar-refractivity contribution in [3.63, 3.8) is 0 Å². The van der Waals surface area contributed by atoms with Crippen molar-refractivity contribution in [2.24, 2.45) is 0 Å². The number of rotatable bonds is 4. The van der Waals surface area contributed by atoms with Gasteiger partial charge in [0, 0.05) is 5.56 Å². The third-order valence-electron chi connectivity index (χ3n) is 2.74. The Labute approximate surface area is 114 Å². The minimum atomic E-state index is -1.18. The highest BCUT2D eigenvalue weighted by Crippen LogP contribution is 2.14. The van der Waals surface area contributed by atoms with Crippen LogP contribution in [0.15, 0.2) is 54.6 Å². The summed E-state index contributed by atoms with van der Waals surface area (Å²) >= 11 is 0. The highest BCUT2D eigenvalue weighted by atomic mass is 19.1. The van der Waals surface area contributed by atoms with Crippen LogP contribution in [0, 0.1) is 5.82 Å². The van der Waals surface area contributed by atoms with Crippen molar-refractivity contribution in [1.82, 2.24) is 5.32 Å². The van der Waals surface area contributed by atoms with Gasteiger partial charge in [-0.1, -0.05) is 36.4 Å². The van der Waals surface area contributed by atoms with Crippen LogP contribution in [0.1, 0.15) is 22.0 Å². The number of carbonyl (C=O) groups excluding carboxylic acids is 1. The van der Waals surface area contributed by atoms with Crippen molar-refractivity contribution in [2.75, 3.05) is 0 Å². The second kappa shape index (κ2) is 5.97. The molecule has 5 heteroatoms. The van der Waals surface area contributed by atoms with E-state index in [1.54, 1.807) is 30.3 Å². The Morgan fingerprint density at radius 3 is 2.35 bits per heavy atom. The molecule has 0 aliphatic heterocycles. The summed E-state index contributed by atoms with van der Waals surface area (Å²) in [5.74, 6) is -2.37. The van der Waals surface area contributed by atoms with E-state index < -0.39 is 23.7 Å². The van der Waals surface area contributed by atoms with Gasteiger partial charge < -0.3 is 10.4 Å². The molecule has 4 nitrogen and oxygen atoms in total. The third kappa shape index (κ3) is 3.20. The maximum atomic E-state index is 13.1. The van der Waals surface area contributed by atoms with Crippen LogP contribution in [-0.4, -0.2) is 17.0 Å². The van der Waals surface area contributed by atoms with Crippen molar-refractivity contribution in [3.05, 3.63) is 71.5 Å². The van der Waals surface area contributed by atoms with Gasteiger partial charge in [0.2, 0.25) is 0 Å². The molecule has 2 aromatic carbocycles. The van der Waals surface area contributed by atoms with Crippen molar-refractivity contribution in [3.8, 4) is 0 Å². The Bertz CT molecular complexity index is 628. The number of carbonyl (C=O) groups is 2. The topological polar surface area (TPSA) is 66.4 Å². The predicted octanol–water partition coefficient (Wildman–Crippen LogP) is 2.38. The van der Waals surface area contributed by atoms with Gasteiger partial charge in [0.15, 0.2) is 6.04 Å². The summed E-state index contributed by atoms with van der Waals surface area (Å²) in [6.07, 6.45) is 0. The van der Waals surface area contributed by atoms with Gasteiger partial charge in [-0.2, -0.15) is 0 Å². The fraction of sp³-hybridized carbons (Fsp3) is 0.0667. The summed E-state index contributed by atoms with van der Waals surface area (Å²) in [6, 6.07) is 12.2. The van der Waals surface area contributed by atoms with Crippen molar-refractivity contribution >= 4 is 11.9 Å². The molecule has 0 bridgehead atoms. The van der Waals surface area contributed by atoms with E-state index >= 15 is 0 Å². The second-order valence-electron chi connectivity index (χ2n) is 4.17. The molecule has 0 saturated heterocycles. The molecule has 1 unspecified atom stereocenters. The van der Waals surface area contributed by atoms with Gasteiger partial charge in [0.05, 0.1) is 0 Å². The number of carboxylic acid groups (broad SMARTS) is 1. The number of amides is 1. The number of hydrogen-bond donors (Lipinski definition) is 2. The predicted molar refractivity (Wildman–Crippen MR) is 70.7 cm³/mol. The van der Waals surface area contributed by atoms with Gasteiger partial charge in [-0.05, 0) is 23.8 Å². The van der Waals surface area contributed by atoms with Crippen molar-refractivity contribution < 1.29 is 19.1 Å². The lowest BCUT2D eigenvalue weighted by Crippen LogP contribution is -2.33. The molecule has 2 N–H and O–H groups in total.